The van der Waals surface area contributed by atoms with E-state index in [1.165, 1.54) is 6.07 Å². The molecule has 0 aliphatic carbocycles. The van der Waals surface area contributed by atoms with Crippen LogP contribution in [0.2, 0.25) is 0 Å². The van der Waals surface area contributed by atoms with E-state index in [9.17, 15) is 20.0 Å². The van der Waals surface area contributed by atoms with Crippen molar-refractivity contribution in [2.45, 2.75) is 17.4 Å². The number of nitro groups is 1. The summed E-state index contributed by atoms with van der Waals surface area (Å²) in [5.74, 6) is 0.0390. The minimum atomic E-state index is -0.689. The largest absolute Gasteiger partial charge is 0.502 e. The molecule has 6 nitrogen and oxygen atoms in total. The molecule has 0 radical (unpaired) electrons. The second-order valence-corrected chi connectivity index (χ2v) is 6.30. The van der Waals surface area contributed by atoms with Crippen molar-refractivity contribution >= 4 is 23.4 Å². The van der Waals surface area contributed by atoms with Gasteiger partial charge in [-0.1, -0.05) is 18.2 Å². The highest BCUT2D eigenvalue weighted by Crippen LogP contribution is 2.36. The first-order valence-corrected chi connectivity index (χ1v) is 8.05. The summed E-state index contributed by atoms with van der Waals surface area (Å²) in [7, 11) is 0. The molecule has 0 bridgehead atoms. The predicted molar refractivity (Wildman–Crippen MR) is 86.8 cm³/mol. The summed E-state index contributed by atoms with van der Waals surface area (Å²) in [6.45, 7) is 0. The van der Waals surface area contributed by atoms with Crippen LogP contribution in [0, 0.1) is 10.1 Å². The number of carbonyl (C=O) groups excluding carboxylic acids is 1. The van der Waals surface area contributed by atoms with Gasteiger partial charge in [-0.25, -0.2) is 0 Å². The highest BCUT2D eigenvalue weighted by Gasteiger charge is 2.23. The number of fused-ring (bicyclic) bond motifs is 1. The van der Waals surface area contributed by atoms with Crippen molar-refractivity contribution in [3.63, 3.8) is 0 Å². The quantitative estimate of drug-likeness (QED) is 0.665. The first-order chi connectivity index (χ1) is 11.1. The molecule has 1 aliphatic rings. The third-order valence-electron chi connectivity index (χ3n) is 3.70. The van der Waals surface area contributed by atoms with Gasteiger partial charge in [0.1, 0.15) is 0 Å². The lowest BCUT2D eigenvalue weighted by Gasteiger charge is -2.25. The number of aromatic hydroxyl groups is 1. The number of phenolic OH excluding ortho intramolecular Hbond substituents is 1. The number of nitro benzene ring substituents is 1. The van der Waals surface area contributed by atoms with Crippen molar-refractivity contribution in [2.24, 2.45) is 0 Å². The van der Waals surface area contributed by atoms with E-state index in [2.05, 4.69) is 5.32 Å². The van der Waals surface area contributed by atoms with Crippen LogP contribution in [0.5, 0.6) is 5.75 Å². The van der Waals surface area contributed by atoms with E-state index in [0.29, 0.717) is 0 Å². The molecular weight excluding hydrogens is 316 g/mol. The summed E-state index contributed by atoms with van der Waals surface area (Å²) in [6.07, 6.45) is 0.812. The Morgan fingerprint density at radius 1 is 1.30 bits per heavy atom. The molecule has 2 aromatic carbocycles. The van der Waals surface area contributed by atoms with Gasteiger partial charge in [0.25, 0.3) is 5.91 Å². The van der Waals surface area contributed by atoms with Crippen LogP contribution < -0.4 is 5.32 Å². The van der Waals surface area contributed by atoms with E-state index < -0.39 is 16.4 Å². The number of hydrogen-bond acceptors (Lipinski definition) is 5. The molecule has 1 amide bonds. The van der Waals surface area contributed by atoms with E-state index >= 15 is 0 Å². The van der Waals surface area contributed by atoms with Gasteiger partial charge in [0.2, 0.25) is 0 Å². The number of amides is 1. The molecule has 7 heteroatoms. The summed E-state index contributed by atoms with van der Waals surface area (Å²) in [5, 5.41) is 23.3. The van der Waals surface area contributed by atoms with Crippen molar-refractivity contribution in [1.29, 1.82) is 0 Å². The highest BCUT2D eigenvalue weighted by molar-refractivity contribution is 7.99. The third-order valence-corrected chi connectivity index (χ3v) is 4.82. The Labute approximate surface area is 136 Å². The molecule has 3 rings (SSSR count). The molecule has 118 valence electrons. The first-order valence-electron chi connectivity index (χ1n) is 7.06. The maximum atomic E-state index is 12.4. The van der Waals surface area contributed by atoms with Gasteiger partial charge in [0.05, 0.1) is 11.0 Å². The fraction of sp³-hybridized carbons (Fsp3) is 0.188. The van der Waals surface area contributed by atoms with Gasteiger partial charge in [-0.2, -0.15) is 0 Å². The number of hydrogen-bond donors (Lipinski definition) is 2. The summed E-state index contributed by atoms with van der Waals surface area (Å²) in [6, 6.07) is 11.4. The normalized spacial score (nSPS) is 16.4. The molecule has 0 aromatic heterocycles. The molecule has 0 fully saturated rings. The van der Waals surface area contributed by atoms with Crippen molar-refractivity contribution in [1.82, 2.24) is 5.32 Å². The second-order valence-electron chi connectivity index (χ2n) is 5.16. The number of carbonyl (C=O) groups is 1. The molecule has 0 saturated carbocycles. The molecule has 0 spiro atoms. The molecule has 23 heavy (non-hydrogen) atoms. The minimum absolute atomic E-state index is 0.0997. The first kappa shape index (κ1) is 15.4. The minimum Gasteiger partial charge on any atom is -0.502 e. The van der Waals surface area contributed by atoms with E-state index in [0.717, 1.165) is 34.8 Å². The Morgan fingerprint density at radius 2 is 2.09 bits per heavy atom. The molecule has 0 unspecified atom stereocenters. The van der Waals surface area contributed by atoms with Crippen LogP contribution in [-0.2, 0) is 0 Å². The number of nitrogens with zero attached hydrogens (tertiary/aromatic N) is 1. The van der Waals surface area contributed by atoms with Crippen molar-refractivity contribution in [3.8, 4) is 5.75 Å². The number of phenols is 1. The number of thioether (sulfide) groups is 1. The lowest BCUT2D eigenvalue weighted by molar-refractivity contribution is -0.385. The SMILES string of the molecule is O=C(N[C@@H]1CCSc2ccccc21)c1ccc([N+](=O)[O-])c(O)c1. The van der Waals surface area contributed by atoms with E-state index in [1.54, 1.807) is 11.8 Å². The zero-order valence-corrected chi connectivity index (χ0v) is 12.9. The fourth-order valence-corrected chi connectivity index (χ4v) is 3.68. The zero-order chi connectivity index (χ0) is 16.4. The monoisotopic (exact) mass is 330 g/mol. The molecule has 1 heterocycles. The van der Waals surface area contributed by atoms with Crippen LogP contribution in [0.15, 0.2) is 47.4 Å². The summed E-state index contributed by atoms with van der Waals surface area (Å²) in [4.78, 5) is 23.5. The fourth-order valence-electron chi connectivity index (χ4n) is 2.55. The van der Waals surface area contributed by atoms with Gasteiger partial charge in [-0.05, 0) is 30.2 Å². The summed E-state index contributed by atoms with van der Waals surface area (Å²) in [5.41, 5.74) is 0.855. The van der Waals surface area contributed by atoms with Gasteiger partial charge < -0.3 is 10.4 Å². The molecule has 0 saturated heterocycles. The predicted octanol–water partition coefficient (Wildman–Crippen LogP) is 3.27. The molecular formula is C16H14N2O4S. The number of rotatable bonds is 3. The average molecular weight is 330 g/mol. The van der Waals surface area contributed by atoms with E-state index in [-0.39, 0.29) is 17.5 Å². The Balaban J connectivity index is 1.80. The van der Waals surface area contributed by atoms with E-state index in [4.69, 9.17) is 0 Å². The number of nitrogens with one attached hydrogen (secondary N) is 1. The van der Waals surface area contributed by atoms with Crippen LogP contribution >= 0.6 is 11.8 Å². The maximum absolute atomic E-state index is 12.4. The van der Waals surface area contributed by atoms with Gasteiger partial charge >= 0.3 is 5.69 Å². The Bertz CT molecular complexity index is 778. The Hall–Kier alpha value is -2.54. The van der Waals surface area contributed by atoms with E-state index in [1.807, 2.05) is 24.3 Å². The van der Waals surface area contributed by atoms with Crippen LogP contribution in [0.1, 0.15) is 28.4 Å². The van der Waals surface area contributed by atoms with Crippen LogP contribution in [0.25, 0.3) is 0 Å². The van der Waals surface area contributed by atoms with Gasteiger partial charge in [0, 0.05) is 22.3 Å². The van der Waals surface area contributed by atoms with Crippen molar-refractivity contribution < 1.29 is 14.8 Å². The Morgan fingerprint density at radius 3 is 2.83 bits per heavy atom. The molecule has 2 N–H and O–H groups in total. The maximum Gasteiger partial charge on any atom is 0.310 e. The standard InChI is InChI=1S/C16H14N2O4S/c19-14-9-10(5-6-13(14)18(21)22)16(20)17-12-7-8-23-15-4-2-1-3-11(12)15/h1-6,9,12,19H,7-8H2,(H,17,20)/t12-/m1/s1. The van der Waals surface area contributed by atoms with Gasteiger partial charge in [0.15, 0.2) is 5.75 Å². The molecule has 1 aliphatic heterocycles. The second kappa shape index (κ2) is 6.29. The van der Waals surface area contributed by atoms with Crippen LogP contribution in [0.3, 0.4) is 0 Å². The van der Waals surface area contributed by atoms with Crippen molar-refractivity contribution in [3.05, 3.63) is 63.7 Å². The van der Waals surface area contributed by atoms with Crippen molar-refractivity contribution in [2.75, 3.05) is 5.75 Å². The average Bonchev–Trinajstić information content (AvgIpc) is 2.54. The van der Waals surface area contributed by atoms with Gasteiger partial charge in [-0.15, -0.1) is 11.8 Å². The van der Waals surface area contributed by atoms with Crippen LogP contribution in [0.4, 0.5) is 5.69 Å². The molecule has 2 aromatic rings. The number of benzene rings is 2. The summed E-state index contributed by atoms with van der Waals surface area (Å²) < 4.78 is 0. The Kier molecular flexibility index (Phi) is 4.20. The lowest BCUT2D eigenvalue weighted by Crippen LogP contribution is -2.30. The third kappa shape index (κ3) is 3.14. The summed E-state index contributed by atoms with van der Waals surface area (Å²) >= 11 is 1.76. The van der Waals surface area contributed by atoms with Gasteiger partial charge in [-0.3, -0.25) is 14.9 Å². The molecule has 1 atom stereocenters. The smallest absolute Gasteiger partial charge is 0.310 e. The zero-order valence-electron chi connectivity index (χ0n) is 12.1. The topological polar surface area (TPSA) is 92.5 Å². The van der Waals surface area contributed by atoms with Crippen LogP contribution in [-0.4, -0.2) is 21.7 Å². The highest BCUT2D eigenvalue weighted by atomic mass is 32.2. The lowest BCUT2D eigenvalue weighted by atomic mass is 10.0.